The molecular weight excluding hydrogens is 250 g/mol. The Labute approximate surface area is 121 Å². The molecule has 0 spiro atoms. The lowest BCUT2D eigenvalue weighted by Gasteiger charge is -2.11. The first-order valence-corrected chi connectivity index (χ1v) is 8.48. The maximum absolute atomic E-state index is 4.97. The number of aryl methyl sites for hydroxylation is 5. The first-order valence-electron chi connectivity index (χ1n) is 7.66. The van der Waals surface area contributed by atoms with Crippen molar-refractivity contribution in [1.29, 1.82) is 0 Å². The molecule has 0 aliphatic rings. The predicted molar refractivity (Wildman–Crippen MR) is 86.5 cm³/mol. The monoisotopic (exact) mass is 275 g/mol. The fourth-order valence-corrected chi connectivity index (χ4v) is 4.51. The molecule has 104 valence electrons. The molecule has 1 nitrogen and oxygen atoms in total. The molecule has 2 heteroatoms. The van der Waals surface area contributed by atoms with Gasteiger partial charge >= 0.3 is 0 Å². The highest BCUT2D eigenvalue weighted by Gasteiger charge is 2.18. The molecular formula is C17H25NS. The second-order valence-corrected chi connectivity index (χ2v) is 6.06. The highest BCUT2D eigenvalue weighted by atomic mass is 32.1. The summed E-state index contributed by atoms with van der Waals surface area (Å²) in [6.45, 7) is 11.3. The number of rotatable bonds is 5. The average Bonchev–Trinajstić information content (AvgIpc) is 2.83. The van der Waals surface area contributed by atoms with Crippen LogP contribution in [-0.2, 0) is 32.1 Å². The minimum absolute atomic E-state index is 1.04. The Morgan fingerprint density at radius 1 is 0.737 bits per heavy atom. The van der Waals surface area contributed by atoms with Crippen LogP contribution in [0, 0.1) is 0 Å². The maximum atomic E-state index is 4.97. The third-order valence-electron chi connectivity index (χ3n) is 3.97. The molecule has 0 atom stereocenters. The van der Waals surface area contributed by atoms with Gasteiger partial charge in [-0.1, -0.05) is 34.6 Å². The largest absolute Gasteiger partial charge is 0.257 e. The molecule has 0 saturated carbocycles. The molecule has 0 aliphatic heterocycles. The maximum Gasteiger partial charge on any atom is 0.0494 e. The van der Waals surface area contributed by atoms with Crippen LogP contribution in [0.2, 0.25) is 0 Å². The summed E-state index contributed by atoms with van der Waals surface area (Å²) < 4.78 is 1.53. The van der Waals surface area contributed by atoms with Crippen molar-refractivity contribution in [2.45, 2.75) is 66.7 Å². The van der Waals surface area contributed by atoms with Crippen LogP contribution in [0.5, 0.6) is 0 Å². The van der Waals surface area contributed by atoms with Crippen LogP contribution in [0.25, 0.3) is 10.1 Å². The van der Waals surface area contributed by atoms with E-state index in [1.807, 2.05) is 11.3 Å². The molecule has 0 unspecified atom stereocenters. The lowest BCUT2D eigenvalue weighted by Crippen LogP contribution is -2.01. The van der Waals surface area contributed by atoms with Crippen molar-refractivity contribution < 1.29 is 0 Å². The summed E-state index contributed by atoms with van der Waals surface area (Å²) in [6.07, 6.45) is 5.47. The van der Waals surface area contributed by atoms with Crippen LogP contribution in [-0.4, -0.2) is 4.98 Å². The first-order chi connectivity index (χ1) is 9.21. The van der Waals surface area contributed by atoms with E-state index in [1.54, 1.807) is 10.4 Å². The van der Waals surface area contributed by atoms with Gasteiger partial charge in [-0.3, -0.25) is 4.98 Å². The Hall–Kier alpha value is -0.890. The van der Waals surface area contributed by atoms with Crippen molar-refractivity contribution in [1.82, 2.24) is 4.98 Å². The van der Waals surface area contributed by atoms with Gasteiger partial charge in [0.05, 0.1) is 0 Å². The minimum Gasteiger partial charge on any atom is -0.257 e. The summed E-state index contributed by atoms with van der Waals surface area (Å²) in [7, 11) is 0. The minimum atomic E-state index is 1.04. The molecule has 0 bridgehead atoms. The van der Waals surface area contributed by atoms with Crippen molar-refractivity contribution >= 4 is 21.4 Å². The van der Waals surface area contributed by atoms with E-state index in [0.717, 1.165) is 32.1 Å². The predicted octanol–water partition coefficient (Wildman–Crippen LogP) is 5.11. The van der Waals surface area contributed by atoms with E-state index in [1.165, 1.54) is 27.0 Å². The zero-order valence-corrected chi connectivity index (χ0v) is 13.7. The second kappa shape index (κ2) is 6.04. The number of hydrogen-bond donors (Lipinski definition) is 0. The zero-order valence-electron chi connectivity index (χ0n) is 12.9. The quantitative estimate of drug-likeness (QED) is 0.739. The summed E-state index contributed by atoms with van der Waals surface area (Å²) >= 11 is 2.02. The number of aromatic nitrogens is 1. The lowest BCUT2D eigenvalue weighted by atomic mass is 9.99. The molecule has 0 radical (unpaired) electrons. The number of nitrogens with zero attached hydrogens (tertiary/aromatic N) is 1. The van der Waals surface area contributed by atoms with Gasteiger partial charge in [-0.25, -0.2) is 0 Å². The molecule has 2 aromatic rings. The van der Waals surface area contributed by atoms with Crippen LogP contribution >= 0.6 is 11.3 Å². The van der Waals surface area contributed by atoms with Gasteiger partial charge < -0.3 is 0 Å². The van der Waals surface area contributed by atoms with E-state index in [-0.39, 0.29) is 0 Å². The zero-order chi connectivity index (χ0) is 14.0. The van der Waals surface area contributed by atoms with Crippen LogP contribution in [0.1, 0.15) is 62.0 Å². The van der Waals surface area contributed by atoms with Crippen LogP contribution in [0.15, 0.2) is 0 Å². The van der Waals surface area contributed by atoms with Gasteiger partial charge in [-0.15, -0.1) is 11.3 Å². The topological polar surface area (TPSA) is 12.9 Å². The molecule has 0 amide bonds. The molecule has 0 saturated heterocycles. The Kier molecular flexibility index (Phi) is 4.62. The van der Waals surface area contributed by atoms with Crippen LogP contribution < -0.4 is 0 Å². The van der Waals surface area contributed by atoms with Crippen molar-refractivity contribution in [2.75, 3.05) is 0 Å². The fourth-order valence-electron chi connectivity index (χ4n) is 3.02. The van der Waals surface area contributed by atoms with E-state index in [9.17, 15) is 0 Å². The van der Waals surface area contributed by atoms with Crippen molar-refractivity contribution in [3.05, 3.63) is 27.4 Å². The van der Waals surface area contributed by atoms with Gasteiger partial charge in [0.25, 0.3) is 0 Å². The summed E-state index contributed by atoms with van der Waals surface area (Å²) in [4.78, 5) is 6.54. The molecule has 0 fully saturated rings. The highest BCUT2D eigenvalue weighted by Crippen LogP contribution is 2.37. The van der Waals surface area contributed by atoms with Crippen molar-refractivity contribution in [2.24, 2.45) is 0 Å². The third-order valence-corrected chi connectivity index (χ3v) is 5.41. The standard InChI is InChI=1S/C17H25NS/c1-6-11-13(8-3)18-14(9-4)16-12(7-2)15(10-5)19-17(11)16/h6-10H2,1-5H3. The number of fused-ring (bicyclic) bond motifs is 1. The fraction of sp³-hybridized carbons (Fsp3) is 0.588. The van der Waals surface area contributed by atoms with E-state index in [4.69, 9.17) is 4.98 Å². The summed E-state index contributed by atoms with van der Waals surface area (Å²) in [5.41, 5.74) is 5.69. The Morgan fingerprint density at radius 3 is 1.84 bits per heavy atom. The number of pyridine rings is 1. The molecule has 0 aliphatic carbocycles. The third kappa shape index (κ3) is 2.31. The molecule has 2 heterocycles. The average molecular weight is 275 g/mol. The highest BCUT2D eigenvalue weighted by molar-refractivity contribution is 7.19. The molecule has 2 aromatic heterocycles. The van der Waals surface area contributed by atoms with E-state index in [0.29, 0.717) is 0 Å². The Balaban J connectivity index is 2.89. The van der Waals surface area contributed by atoms with Crippen LogP contribution in [0.3, 0.4) is 0 Å². The lowest BCUT2D eigenvalue weighted by molar-refractivity contribution is 0.932. The smallest absolute Gasteiger partial charge is 0.0494 e. The van der Waals surface area contributed by atoms with Crippen LogP contribution in [0.4, 0.5) is 0 Å². The van der Waals surface area contributed by atoms with Crippen molar-refractivity contribution in [3.8, 4) is 0 Å². The SMILES string of the molecule is CCc1nc(CC)c2c(CC)c(CC)sc2c1CC. The van der Waals surface area contributed by atoms with E-state index >= 15 is 0 Å². The molecule has 0 N–H and O–H groups in total. The second-order valence-electron chi connectivity index (χ2n) is 4.96. The Morgan fingerprint density at radius 2 is 1.37 bits per heavy atom. The summed E-state index contributed by atoms with van der Waals surface area (Å²) in [5.74, 6) is 0. The molecule has 2 rings (SSSR count). The van der Waals surface area contributed by atoms with Gasteiger partial charge in [0, 0.05) is 26.4 Å². The van der Waals surface area contributed by atoms with Gasteiger partial charge in [0.15, 0.2) is 0 Å². The van der Waals surface area contributed by atoms with E-state index < -0.39 is 0 Å². The van der Waals surface area contributed by atoms with Gasteiger partial charge in [0.1, 0.15) is 0 Å². The normalized spacial score (nSPS) is 11.4. The van der Waals surface area contributed by atoms with Gasteiger partial charge in [0.2, 0.25) is 0 Å². The first kappa shape index (κ1) is 14.5. The number of thiophene rings is 1. The van der Waals surface area contributed by atoms with E-state index in [2.05, 4.69) is 34.6 Å². The summed E-state index contributed by atoms with van der Waals surface area (Å²) in [5, 5.41) is 1.49. The molecule has 0 aromatic carbocycles. The summed E-state index contributed by atoms with van der Waals surface area (Å²) in [6, 6.07) is 0. The van der Waals surface area contributed by atoms with Gasteiger partial charge in [-0.05, 0) is 43.2 Å². The Bertz CT molecular complexity index is 581. The molecule has 19 heavy (non-hydrogen) atoms. The van der Waals surface area contributed by atoms with Gasteiger partial charge in [-0.2, -0.15) is 0 Å². The number of hydrogen-bond acceptors (Lipinski definition) is 2. The van der Waals surface area contributed by atoms with Crippen molar-refractivity contribution in [3.63, 3.8) is 0 Å².